The molecule has 1 aromatic carbocycles. The number of rotatable bonds is 5. The molecule has 0 radical (unpaired) electrons. The fourth-order valence-corrected chi connectivity index (χ4v) is 2.11. The van der Waals surface area contributed by atoms with Crippen molar-refractivity contribution in [2.75, 3.05) is 0 Å². The first-order chi connectivity index (χ1) is 9.61. The van der Waals surface area contributed by atoms with Crippen LogP contribution in [-0.4, -0.2) is 11.0 Å². The molecule has 0 spiro atoms. The van der Waals surface area contributed by atoms with Crippen LogP contribution in [0.5, 0.6) is 5.75 Å². The van der Waals surface area contributed by atoms with Gasteiger partial charge in [-0.3, -0.25) is 4.98 Å². The minimum Gasteiger partial charge on any atom is -0.484 e. The summed E-state index contributed by atoms with van der Waals surface area (Å²) in [5, 5.41) is 0. The van der Waals surface area contributed by atoms with Crippen LogP contribution < -0.4 is 10.5 Å². The summed E-state index contributed by atoms with van der Waals surface area (Å²) in [4.78, 5) is 3.98. The highest BCUT2D eigenvalue weighted by molar-refractivity contribution is 9.10. The summed E-state index contributed by atoms with van der Waals surface area (Å²) >= 11 is 3.12. The number of hydrogen-bond acceptors (Lipinski definition) is 3. The van der Waals surface area contributed by atoms with E-state index in [-0.39, 0.29) is 18.0 Å². The molecule has 0 saturated carbocycles. The van der Waals surface area contributed by atoms with Gasteiger partial charge < -0.3 is 10.5 Å². The van der Waals surface area contributed by atoms with E-state index in [4.69, 9.17) is 10.5 Å². The number of pyridine rings is 1. The Morgan fingerprint density at radius 1 is 1.30 bits per heavy atom. The molecule has 2 atom stereocenters. The van der Waals surface area contributed by atoms with Crippen molar-refractivity contribution in [3.05, 3.63) is 58.6 Å². The molecule has 1 aromatic heterocycles. The summed E-state index contributed by atoms with van der Waals surface area (Å²) in [6, 6.07) is 8.21. The Morgan fingerprint density at radius 3 is 2.60 bits per heavy atom. The molecular formula is C15H16BrFN2O. The van der Waals surface area contributed by atoms with Gasteiger partial charge in [0.15, 0.2) is 0 Å². The molecule has 20 heavy (non-hydrogen) atoms. The second-order valence-electron chi connectivity index (χ2n) is 4.47. The second-order valence-corrected chi connectivity index (χ2v) is 5.32. The topological polar surface area (TPSA) is 48.1 Å². The monoisotopic (exact) mass is 338 g/mol. The molecule has 2 N–H and O–H groups in total. The van der Waals surface area contributed by atoms with E-state index in [2.05, 4.69) is 20.9 Å². The Kier molecular flexibility index (Phi) is 5.09. The van der Waals surface area contributed by atoms with Gasteiger partial charge in [0.05, 0.1) is 4.47 Å². The molecule has 2 rings (SSSR count). The van der Waals surface area contributed by atoms with Crippen molar-refractivity contribution < 1.29 is 9.13 Å². The third-order valence-corrected chi connectivity index (χ3v) is 3.69. The van der Waals surface area contributed by atoms with E-state index in [1.165, 1.54) is 6.07 Å². The Hall–Kier alpha value is -1.46. The number of ether oxygens (including phenoxy) is 1. The van der Waals surface area contributed by atoms with Crippen molar-refractivity contribution in [1.82, 2.24) is 4.98 Å². The van der Waals surface area contributed by atoms with Gasteiger partial charge in [0.25, 0.3) is 0 Å². The molecule has 0 bridgehead atoms. The average Bonchev–Trinajstić information content (AvgIpc) is 2.48. The highest BCUT2D eigenvalue weighted by atomic mass is 79.9. The van der Waals surface area contributed by atoms with Gasteiger partial charge in [-0.1, -0.05) is 6.92 Å². The maximum atomic E-state index is 13.5. The molecule has 0 aliphatic heterocycles. The highest BCUT2D eigenvalue weighted by Crippen LogP contribution is 2.27. The number of benzene rings is 1. The number of halogens is 2. The van der Waals surface area contributed by atoms with Crippen LogP contribution in [0.15, 0.2) is 47.2 Å². The lowest BCUT2D eigenvalue weighted by Gasteiger charge is -2.24. The van der Waals surface area contributed by atoms with Crippen LogP contribution in [0.25, 0.3) is 0 Å². The summed E-state index contributed by atoms with van der Waals surface area (Å²) < 4.78 is 19.8. The van der Waals surface area contributed by atoms with Crippen LogP contribution in [0.1, 0.15) is 25.0 Å². The lowest BCUT2D eigenvalue weighted by Crippen LogP contribution is -2.31. The molecule has 0 saturated heterocycles. The molecule has 0 fully saturated rings. The number of aromatic nitrogens is 1. The molecule has 0 aliphatic rings. The Balaban J connectivity index is 2.26. The minimum absolute atomic E-state index is 0.177. The Morgan fingerprint density at radius 2 is 2.00 bits per heavy atom. The van der Waals surface area contributed by atoms with Crippen molar-refractivity contribution in [2.45, 2.75) is 25.5 Å². The number of nitrogens with zero attached hydrogens (tertiary/aromatic N) is 1. The average molecular weight is 339 g/mol. The van der Waals surface area contributed by atoms with Crippen LogP contribution in [0.4, 0.5) is 4.39 Å². The minimum atomic E-state index is -0.360. The van der Waals surface area contributed by atoms with E-state index < -0.39 is 0 Å². The van der Waals surface area contributed by atoms with Crippen molar-refractivity contribution in [1.29, 1.82) is 0 Å². The Labute approximate surface area is 126 Å². The predicted molar refractivity (Wildman–Crippen MR) is 80.0 cm³/mol. The first kappa shape index (κ1) is 14.9. The van der Waals surface area contributed by atoms with Gasteiger partial charge >= 0.3 is 0 Å². The molecule has 0 amide bonds. The van der Waals surface area contributed by atoms with Crippen LogP contribution >= 0.6 is 15.9 Å². The first-order valence-electron chi connectivity index (χ1n) is 6.39. The van der Waals surface area contributed by atoms with Gasteiger partial charge in [-0.05, 0) is 52.2 Å². The third-order valence-electron chi connectivity index (χ3n) is 3.05. The molecule has 2 unspecified atom stereocenters. The van der Waals surface area contributed by atoms with Crippen LogP contribution in [0.3, 0.4) is 0 Å². The summed E-state index contributed by atoms with van der Waals surface area (Å²) in [6.07, 6.45) is 3.81. The lowest BCUT2D eigenvalue weighted by atomic mass is 10.0. The van der Waals surface area contributed by atoms with Crippen molar-refractivity contribution >= 4 is 15.9 Å². The predicted octanol–water partition coefficient (Wildman–Crippen LogP) is 3.84. The maximum absolute atomic E-state index is 13.5. The maximum Gasteiger partial charge on any atom is 0.141 e. The van der Waals surface area contributed by atoms with E-state index in [9.17, 15) is 4.39 Å². The van der Waals surface area contributed by atoms with Crippen molar-refractivity contribution in [3.63, 3.8) is 0 Å². The largest absolute Gasteiger partial charge is 0.484 e. The van der Waals surface area contributed by atoms with E-state index in [1.807, 2.05) is 19.1 Å². The summed E-state index contributed by atoms with van der Waals surface area (Å²) in [6.45, 7) is 1.99. The van der Waals surface area contributed by atoms with Gasteiger partial charge in [0.1, 0.15) is 17.7 Å². The van der Waals surface area contributed by atoms with Crippen molar-refractivity contribution in [2.24, 2.45) is 5.73 Å². The van der Waals surface area contributed by atoms with E-state index in [0.29, 0.717) is 10.2 Å². The van der Waals surface area contributed by atoms with Crippen LogP contribution in [0.2, 0.25) is 0 Å². The molecule has 5 heteroatoms. The summed E-state index contributed by atoms with van der Waals surface area (Å²) in [5.74, 6) is 0.0949. The number of hydrogen-bond donors (Lipinski definition) is 1. The van der Waals surface area contributed by atoms with E-state index >= 15 is 0 Å². The van der Waals surface area contributed by atoms with Gasteiger partial charge in [-0.2, -0.15) is 0 Å². The van der Waals surface area contributed by atoms with E-state index in [1.54, 1.807) is 24.5 Å². The molecule has 1 heterocycles. The van der Waals surface area contributed by atoms with Crippen molar-refractivity contribution in [3.8, 4) is 5.75 Å². The molecule has 2 aromatic rings. The standard InChI is InChI=1S/C15H16BrFN2O/c1-2-14(18)15(10-5-7-19-8-6-10)20-11-3-4-12(16)13(17)9-11/h3-9,14-15H,2,18H2,1H3. The summed E-state index contributed by atoms with van der Waals surface area (Å²) in [7, 11) is 0. The van der Waals surface area contributed by atoms with Gasteiger partial charge in [-0.25, -0.2) is 4.39 Å². The van der Waals surface area contributed by atoms with Crippen LogP contribution in [0, 0.1) is 5.82 Å². The third kappa shape index (κ3) is 3.55. The van der Waals surface area contributed by atoms with Gasteiger partial charge in [0.2, 0.25) is 0 Å². The second kappa shape index (κ2) is 6.81. The normalized spacial score (nSPS) is 13.8. The number of nitrogens with two attached hydrogens (primary N) is 1. The zero-order chi connectivity index (χ0) is 14.5. The molecule has 0 aliphatic carbocycles. The van der Waals surface area contributed by atoms with Crippen LogP contribution in [-0.2, 0) is 0 Å². The highest BCUT2D eigenvalue weighted by Gasteiger charge is 2.20. The van der Waals surface area contributed by atoms with Gasteiger partial charge in [0, 0.05) is 24.5 Å². The Bertz CT molecular complexity index is 565. The zero-order valence-electron chi connectivity index (χ0n) is 11.1. The molecular weight excluding hydrogens is 323 g/mol. The molecule has 3 nitrogen and oxygen atoms in total. The fourth-order valence-electron chi connectivity index (χ4n) is 1.87. The smallest absolute Gasteiger partial charge is 0.141 e. The molecule has 106 valence electrons. The summed E-state index contributed by atoms with van der Waals surface area (Å²) in [5.41, 5.74) is 7.05. The lowest BCUT2D eigenvalue weighted by molar-refractivity contribution is 0.170. The van der Waals surface area contributed by atoms with E-state index in [0.717, 1.165) is 12.0 Å². The van der Waals surface area contributed by atoms with Gasteiger partial charge in [-0.15, -0.1) is 0 Å². The SMILES string of the molecule is CCC(N)C(Oc1ccc(Br)c(F)c1)c1ccncc1. The quantitative estimate of drug-likeness (QED) is 0.900. The first-order valence-corrected chi connectivity index (χ1v) is 7.18. The fraction of sp³-hybridized carbons (Fsp3) is 0.267. The zero-order valence-corrected chi connectivity index (χ0v) is 12.7.